The molecule has 0 N–H and O–H groups in total. The van der Waals surface area contributed by atoms with Crippen molar-refractivity contribution in [1.29, 1.82) is 0 Å². The van der Waals surface area contributed by atoms with Crippen molar-refractivity contribution < 1.29 is 28.6 Å². The lowest BCUT2D eigenvalue weighted by Gasteiger charge is -2.18. The number of carbonyl (C=O) groups excluding carboxylic acids is 3. The van der Waals surface area contributed by atoms with Crippen LogP contribution in [-0.2, 0) is 28.6 Å². The highest BCUT2D eigenvalue weighted by Crippen LogP contribution is 2.16. The van der Waals surface area contributed by atoms with Crippen molar-refractivity contribution in [2.24, 2.45) is 0 Å². The fourth-order valence-corrected chi connectivity index (χ4v) is 8.98. The second kappa shape index (κ2) is 64.6. The van der Waals surface area contributed by atoms with Crippen molar-refractivity contribution in [3.8, 4) is 0 Å². The molecule has 440 valence electrons. The molecule has 0 spiro atoms. The highest BCUT2D eigenvalue weighted by molar-refractivity contribution is 5.71. The molecule has 0 aliphatic rings. The molecule has 0 saturated carbocycles. The minimum Gasteiger partial charge on any atom is -0.462 e. The van der Waals surface area contributed by atoms with Gasteiger partial charge in [0.05, 0.1) is 0 Å². The van der Waals surface area contributed by atoms with E-state index in [4.69, 9.17) is 14.2 Å². The summed E-state index contributed by atoms with van der Waals surface area (Å²) in [7, 11) is 0. The first-order valence-corrected chi connectivity index (χ1v) is 32.4. The van der Waals surface area contributed by atoms with Crippen molar-refractivity contribution in [1.82, 2.24) is 0 Å². The third kappa shape index (κ3) is 62.8. The van der Waals surface area contributed by atoms with Gasteiger partial charge in [-0.25, -0.2) is 0 Å². The number of esters is 3. The molecular weight excluding hydrogens is 949 g/mol. The number of allylic oxidation sites excluding steroid dienone is 18. The van der Waals surface area contributed by atoms with Crippen LogP contribution < -0.4 is 0 Å². The summed E-state index contributed by atoms with van der Waals surface area (Å²) < 4.78 is 16.9. The van der Waals surface area contributed by atoms with Gasteiger partial charge in [0.2, 0.25) is 0 Å². The molecule has 1 unspecified atom stereocenters. The van der Waals surface area contributed by atoms with E-state index in [0.717, 1.165) is 103 Å². The minimum atomic E-state index is -0.800. The lowest BCUT2D eigenvalue weighted by molar-refractivity contribution is -0.167. The standard InChI is InChI=1S/C71H120O6/c1-4-7-10-13-16-19-22-25-28-29-30-31-32-33-34-35-36-37-38-39-40-41-44-46-49-52-55-58-61-64-70(73)76-67-68(77-71(74)65-62-59-56-53-50-47-43-27-24-21-18-15-12-9-6-3)66-75-69(72)63-60-57-54-51-48-45-42-26-23-20-17-14-11-8-5-2/h7,10,16,19,25,28,30-31,33-34,36-37,39-40,44,46,52,55,68H,4-6,8-9,11-15,17-18,20-24,26-27,29,32,35,38,41-43,45,47-51,53-54,56-67H2,1-3H3/b10-7-,19-16-,28-25-,31-30-,34-33-,37-36-,40-39-,46-44-,55-52-. The van der Waals surface area contributed by atoms with Crippen LogP contribution in [0.25, 0.3) is 0 Å². The summed E-state index contributed by atoms with van der Waals surface area (Å²) >= 11 is 0. The highest BCUT2D eigenvalue weighted by atomic mass is 16.6. The molecule has 6 heteroatoms. The van der Waals surface area contributed by atoms with Crippen LogP contribution in [0, 0.1) is 0 Å². The number of unbranched alkanes of at least 4 members (excludes halogenated alkanes) is 29. The molecule has 77 heavy (non-hydrogen) atoms. The second-order valence-corrected chi connectivity index (χ2v) is 21.3. The third-order valence-corrected chi connectivity index (χ3v) is 13.8. The van der Waals surface area contributed by atoms with Gasteiger partial charge >= 0.3 is 17.9 Å². The Labute approximate surface area is 476 Å². The Balaban J connectivity index is 4.41. The maximum absolute atomic E-state index is 12.9. The Kier molecular flexibility index (Phi) is 61.3. The van der Waals surface area contributed by atoms with Crippen LogP contribution in [0.2, 0.25) is 0 Å². The monoisotopic (exact) mass is 1070 g/mol. The van der Waals surface area contributed by atoms with Crippen LogP contribution in [0.1, 0.15) is 303 Å². The lowest BCUT2D eigenvalue weighted by Crippen LogP contribution is -2.30. The average molecular weight is 1070 g/mol. The van der Waals surface area contributed by atoms with Gasteiger partial charge in [-0.15, -0.1) is 0 Å². The molecule has 0 radical (unpaired) electrons. The number of carbonyl (C=O) groups is 3. The molecule has 0 heterocycles. The van der Waals surface area contributed by atoms with E-state index in [0.29, 0.717) is 19.3 Å². The predicted molar refractivity (Wildman–Crippen MR) is 334 cm³/mol. The smallest absolute Gasteiger partial charge is 0.306 e. The number of hydrogen-bond acceptors (Lipinski definition) is 6. The zero-order valence-corrected chi connectivity index (χ0v) is 50.4. The van der Waals surface area contributed by atoms with E-state index in [-0.39, 0.29) is 37.5 Å². The number of rotatable bonds is 58. The molecule has 0 amide bonds. The lowest BCUT2D eigenvalue weighted by atomic mass is 10.0. The van der Waals surface area contributed by atoms with E-state index < -0.39 is 6.10 Å². The second-order valence-electron chi connectivity index (χ2n) is 21.3. The van der Waals surface area contributed by atoms with Gasteiger partial charge in [0.25, 0.3) is 0 Å². The molecule has 0 aliphatic carbocycles. The average Bonchev–Trinajstić information content (AvgIpc) is 3.43. The molecule has 6 nitrogen and oxygen atoms in total. The summed E-state index contributed by atoms with van der Waals surface area (Å²) in [5, 5.41) is 0. The van der Waals surface area contributed by atoms with E-state index in [1.54, 1.807) is 0 Å². The highest BCUT2D eigenvalue weighted by Gasteiger charge is 2.19. The van der Waals surface area contributed by atoms with Gasteiger partial charge in [-0.1, -0.05) is 310 Å². The Morgan fingerprint density at radius 2 is 0.506 bits per heavy atom. The summed E-state index contributed by atoms with van der Waals surface area (Å²) in [5.41, 5.74) is 0. The molecule has 0 aliphatic heterocycles. The van der Waals surface area contributed by atoms with Crippen LogP contribution in [0.5, 0.6) is 0 Å². The quantitative estimate of drug-likeness (QED) is 0.0261. The maximum Gasteiger partial charge on any atom is 0.306 e. The van der Waals surface area contributed by atoms with E-state index in [1.807, 2.05) is 0 Å². The van der Waals surface area contributed by atoms with Gasteiger partial charge in [-0.05, 0) is 83.5 Å². The van der Waals surface area contributed by atoms with Crippen molar-refractivity contribution in [2.75, 3.05) is 13.2 Å². The Morgan fingerprint density at radius 1 is 0.273 bits per heavy atom. The molecule has 0 bridgehead atoms. The summed E-state index contributed by atoms with van der Waals surface area (Å²) in [6.45, 7) is 6.51. The van der Waals surface area contributed by atoms with Crippen LogP contribution in [0.3, 0.4) is 0 Å². The van der Waals surface area contributed by atoms with Crippen LogP contribution in [0.4, 0.5) is 0 Å². The topological polar surface area (TPSA) is 78.9 Å². The molecular formula is C71H120O6. The molecule has 1 atom stereocenters. The molecule has 0 aromatic heterocycles. The van der Waals surface area contributed by atoms with Gasteiger partial charge in [0, 0.05) is 19.3 Å². The van der Waals surface area contributed by atoms with Crippen molar-refractivity contribution in [3.05, 3.63) is 109 Å². The van der Waals surface area contributed by atoms with Crippen LogP contribution in [0.15, 0.2) is 109 Å². The van der Waals surface area contributed by atoms with Crippen molar-refractivity contribution in [3.63, 3.8) is 0 Å². The maximum atomic E-state index is 12.9. The molecule has 0 aromatic carbocycles. The molecule has 0 rings (SSSR count). The first-order chi connectivity index (χ1) is 38.0. The first-order valence-electron chi connectivity index (χ1n) is 32.4. The van der Waals surface area contributed by atoms with Gasteiger partial charge < -0.3 is 14.2 Å². The zero-order valence-electron chi connectivity index (χ0n) is 50.4. The van der Waals surface area contributed by atoms with E-state index in [9.17, 15) is 14.4 Å². The molecule has 0 aromatic rings. The Bertz CT molecular complexity index is 1560. The third-order valence-electron chi connectivity index (χ3n) is 13.8. The molecule has 0 saturated heterocycles. The summed E-state index contributed by atoms with van der Waals surface area (Å²) in [4.78, 5) is 38.3. The van der Waals surface area contributed by atoms with E-state index in [1.165, 1.54) is 154 Å². The van der Waals surface area contributed by atoms with Gasteiger partial charge in [-0.2, -0.15) is 0 Å². The Morgan fingerprint density at radius 3 is 0.792 bits per heavy atom. The zero-order chi connectivity index (χ0) is 55.7. The predicted octanol–water partition coefficient (Wildman–Crippen LogP) is 22.2. The fraction of sp³-hybridized carbons (Fsp3) is 0.704. The normalized spacial score (nSPS) is 12.8. The minimum absolute atomic E-state index is 0.0923. The Hall–Kier alpha value is -3.93. The SMILES string of the molecule is CC/C=C\C/C=C\C/C=C\C/C=C\C/C=C\C/C=C\C/C=C\C/C=C\C/C=C\CCCC(=O)OCC(COC(=O)CCCCCCCCCCCCCCCCC)OC(=O)CCCCCCCCCCCCCCCCC. The van der Waals surface area contributed by atoms with E-state index in [2.05, 4.69) is 130 Å². The van der Waals surface area contributed by atoms with Gasteiger partial charge in [0.15, 0.2) is 6.10 Å². The number of hydrogen-bond donors (Lipinski definition) is 0. The van der Waals surface area contributed by atoms with Crippen molar-refractivity contribution >= 4 is 17.9 Å². The first kappa shape index (κ1) is 73.1. The fourth-order valence-electron chi connectivity index (χ4n) is 8.98. The van der Waals surface area contributed by atoms with Gasteiger partial charge in [-0.3, -0.25) is 14.4 Å². The van der Waals surface area contributed by atoms with Crippen LogP contribution in [-0.4, -0.2) is 37.2 Å². The van der Waals surface area contributed by atoms with E-state index >= 15 is 0 Å². The summed E-state index contributed by atoms with van der Waals surface area (Å²) in [6.07, 6.45) is 88.1. The summed E-state index contributed by atoms with van der Waals surface area (Å²) in [6, 6.07) is 0. The van der Waals surface area contributed by atoms with Crippen LogP contribution >= 0.6 is 0 Å². The number of ether oxygens (including phenoxy) is 3. The summed E-state index contributed by atoms with van der Waals surface area (Å²) in [5.74, 6) is -0.943. The largest absolute Gasteiger partial charge is 0.462 e. The molecule has 0 fully saturated rings. The van der Waals surface area contributed by atoms with Gasteiger partial charge in [0.1, 0.15) is 13.2 Å². The van der Waals surface area contributed by atoms with Crippen molar-refractivity contribution in [2.45, 2.75) is 309 Å².